The van der Waals surface area contributed by atoms with Gasteiger partial charge in [-0.3, -0.25) is 9.69 Å². The predicted molar refractivity (Wildman–Crippen MR) is 117 cm³/mol. The smallest absolute Gasteiger partial charge is 0.188 e. The van der Waals surface area contributed by atoms with Crippen LogP contribution in [0.25, 0.3) is 0 Å². The van der Waals surface area contributed by atoms with Crippen molar-refractivity contribution in [2.75, 3.05) is 32.7 Å². The zero-order valence-electron chi connectivity index (χ0n) is 17.7. The summed E-state index contributed by atoms with van der Waals surface area (Å²) in [6, 6.07) is 14.6. The number of hydrogen-bond acceptors (Lipinski definition) is 3. The predicted octanol–water partition coefficient (Wildman–Crippen LogP) is 4.66. The van der Waals surface area contributed by atoms with Crippen molar-refractivity contribution in [1.29, 1.82) is 0 Å². The molecule has 1 saturated heterocycles. The largest absolute Gasteiger partial charge is 0.301 e. The Labute approximate surface area is 178 Å². The summed E-state index contributed by atoms with van der Waals surface area (Å²) in [6.45, 7) is 4.86. The standard InChI is InChI=1S/C26H31FN2O/c27-23-11-6-10-22(17-23)26(18-21-9-4-5-12-24(21)25(26)30)29-15-13-28(14-16-29)19-20-7-2-1-3-8-20/h4-6,9-12,17,20H,1-3,7-8,13-16,18-19H2. The Bertz CT molecular complexity index is 915. The maximum absolute atomic E-state index is 14.2. The van der Waals surface area contributed by atoms with Crippen molar-refractivity contribution < 1.29 is 9.18 Å². The molecule has 0 aromatic heterocycles. The Morgan fingerprint density at radius 1 is 0.933 bits per heavy atom. The van der Waals surface area contributed by atoms with E-state index in [1.165, 1.54) is 44.7 Å². The van der Waals surface area contributed by atoms with E-state index < -0.39 is 5.54 Å². The highest BCUT2D eigenvalue weighted by Gasteiger charge is 2.51. The number of fused-ring (bicyclic) bond motifs is 1. The molecule has 1 heterocycles. The van der Waals surface area contributed by atoms with E-state index in [-0.39, 0.29) is 11.6 Å². The molecule has 3 nitrogen and oxygen atoms in total. The summed E-state index contributed by atoms with van der Waals surface area (Å²) < 4.78 is 14.2. The summed E-state index contributed by atoms with van der Waals surface area (Å²) in [5.74, 6) is 0.691. The molecule has 0 amide bonds. The van der Waals surface area contributed by atoms with Gasteiger partial charge in [-0.05, 0) is 42.0 Å². The van der Waals surface area contributed by atoms with Crippen molar-refractivity contribution in [1.82, 2.24) is 9.80 Å². The number of piperazine rings is 1. The minimum absolute atomic E-state index is 0.129. The van der Waals surface area contributed by atoms with E-state index in [1.807, 2.05) is 30.3 Å². The quantitative estimate of drug-likeness (QED) is 0.738. The number of hydrogen-bond donors (Lipinski definition) is 0. The fourth-order valence-electron chi connectivity index (χ4n) is 5.94. The van der Waals surface area contributed by atoms with Crippen molar-refractivity contribution in [3.63, 3.8) is 0 Å². The lowest BCUT2D eigenvalue weighted by Crippen LogP contribution is -2.58. The Kier molecular flexibility index (Phi) is 5.46. The lowest BCUT2D eigenvalue weighted by Gasteiger charge is -2.46. The molecule has 4 heteroatoms. The van der Waals surface area contributed by atoms with Gasteiger partial charge in [0, 0.05) is 44.7 Å². The molecule has 0 bridgehead atoms. The van der Waals surface area contributed by atoms with Gasteiger partial charge in [0.25, 0.3) is 0 Å². The molecule has 2 aliphatic carbocycles. The fourth-order valence-corrected chi connectivity index (χ4v) is 5.94. The van der Waals surface area contributed by atoms with Crippen LogP contribution in [-0.4, -0.2) is 48.3 Å². The summed E-state index contributed by atoms with van der Waals surface area (Å²) in [5, 5.41) is 0. The maximum Gasteiger partial charge on any atom is 0.188 e. The van der Waals surface area contributed by atoms with E-state index in [9.17, 15) is 9.18 Å². The number of nitrogens with zero attached hydrogens (tertiary/aromatic N) is 2. The summed E-state index contributed by atoms with van der Waals surface area (Å²) in [7, 11) is 0. The van der Waals surface area contributed by atoms with Crippen LogP contribution in [0, 0.1) is 11.7 Å². The van der Waals surface area contributed by atoms with Gasteiger partial charge >= 0.3 is 0 Å². The average Bonchev–Trinajstić information content (AvgIpc) is 3.09. The second-order valence-electron chi connectivity index (χ2n) is 9.33. The molecular formula is C26H31FN2O. The van der Waals surface area contributed by atoms with E-state index in [4.69, 9.17) is 0 Å². The van der Waals surface area contributed by atoms with E-state index in [1.54, 1.807) is 12.1 Å². The molecule has 158 valence electrons. The van der Waals surface area contributed by atoms with E-state index >= 15 is 0 Å². The van der Waals surface area contributed by atoms with Gasteiger partial charge in [0.1, 0.15) is 11.4 Å². The third-order valence-corrected chi connectivity index (χ3v) is 7.54. The number of carbonyl (C=O) groups is 1. The minimum atomic E-state index is -0.775. The van der Waals surface area contributed by atoms with Crippen LogP contribution in [0.3, 0.4) is 0 Å². The number of rotatable bonds is 4. The van der Waals surface area contributed by atoms with Crippen LogP contribution in [0.1, 0.15) is 53.6 Å². The van der Waals surface area contributed by atoms with Gasteiger partial charge in [0.15, 0.2) is 5.78 Å². The van der Waals surface area contributed by atoms with Crippen molar-refractivity contribution in [3.05, 3.63) is 71.0 Å². The van der Waals surface area contributed by atoms with Crippen LogP contribution < -0.4 is 0 Å². The molecule has 1 atom stereocenters. The second kappa shape index (κ2) is 8.24. The Morgan fingerprint density at radius 2 is 1.70 bits per heavy atom. The molecule has 1 saturated carbocycles. The van der Waals surface area contributed by atoms with Crippen LogP contribution >= 0.6 is 0 Å². The SMILES string of the molecule is O=C1c2ccccc2CC1(c1cccc(F)c1)N1CCN(CC2CCCCC2)CC1. The number of carbonyl (C=O) groups excluding carboxylic acids is 1. The lowest BCUT2D eigenvalue weighted by atomic mass is 9.83. The highest BCUT2D eigenvalue weighted by atomic mass is 19.1. The van der Waals surface area contributed by atoms with Gasteiger partial charge < -0.3 is 4.90 Å². The highest BCUT2D eigenvalue weighted by molar-refractivity contribution is 6.08. The van der Waals surface area contributed by atoms with Gasteiger partial charge in [-0.25, -0.2) is 4.39 Å². The molecule has 2 aromatic rings. The van der Waals surface area contributed by atoms with Crippen LogP contribution in [0.2, 0.25) is 0 Å². The number of ketones is 1. The molecule has 1 aliphatic heterocycles. The second-order valence-corrected chi connectivity index (χ2v) is 9.33. The summed E-state index contributed by atoms with van der Waals surface area (Å²) >= 11 is 0. The van der Waals surface area contributed by atoms with Crippen LogP contribution in [0.15, 0.2) is 48.5 Å². The molecule has 3 aliphatic rings. The van der Waals surface area contributed by atoms with Gasteiger partial charge in [-0.1, -0.05) is 55.7 Å². The van der Waals surface area contributed by atoms with Gasteiger partial charge in [-0.15, -0.1) is 0 Å². The van der Waals surface area contributed by atoms with Crippen LogP contribution in [0.4, 0.5) is 4.39 Å². The zero-order valence-corrected chi connectivity index (χ0v) is 17.7. The molecule has 2 aromatic carbocycles. The van der Waals surface area contributed by atoms with E-state index in [0.29, 0.717) is 6.42 Å². The Balaban J connectivity index is 1.40. The monoisotopic (exact) mass is 406 g/mol. The molecule has 0 spiro atoms. The summed E-state index contributed by atoms with van der Waals surface area (Å²) in [6.07, 6.45) is 7.50. The topological polar surface area (TPSA) is 23.6 Å². The van der Waals surface area contributed by atoms with Crippen LogP contribution in [0.5, 0.6) is 0 Å². The van der Waals surface area contributed by atoms with Crippen LogP contribution in [-0.2, 0) is 12.0 Å². The normalized spacial score (nSPS) is 26.1. The first-order valence-corrected chi connectivity index (χ1v) is 11.5. The molecule has 0 N–H and O–H groups in total. The lowest BCUT2D eigenvalue weighted by molar-refractivity contribution is 0.0257. The summed E-state index contributed by atoms with van der Waals surface area (Å²) in [5.41, 5.74) is 1.90. The molecule has 30 heavy (non-hydrogen) atoms. The average molecular weight is 407 g/mol. The molecular weight excluding hydrogens is 375 g/mol. The first-order valence-electron chi connectivity index (χ1n) is 11.5. The summed E-state index contributed by atoms with van der Waals surface area (Å²) in [4.78, 5) is 18.7. The zero-order chi connectivity index (χ0) is 20.6. The number of Topliss-reactive ketones (excluding diaryl/α,β-unsaturated/α-hetero) is 1. The molecule has 0 radical (unpaired) electrons. The van der Waals surface area contributed by atoms with E-state index in [0.717, 1.165) is 48.8 Å². The first-order chi connectivity index (χ1) is 14.7. The Hall–Kier alpha value is -2.04. The Morgan fingerprint density at radius 3 is 2.43 bits per heavy atom. The van der Waals surface area contributed by atoms with Crippen molar-refractivity contribution >= 4 is 5.78 Å². The van der Waals surface area contributed by atoms with Gasteiger partial charge in [-0.2, -0.15) is 0 Å². The number of halogens is 1. The third kappa shape index (κ3) is 3.50. The third-order valence-electron chi connectivity index (χ3n) is 7.54. The van der Waals surface area contributed by atoms with Gasteiger partial charge in [0.2, 0.25) is 0 Å². The van der Waals surface area contributed by atoms with Crippen molar-refractivity contribution in [3.8, 4) is 0 Å². The molecule has 1 unspecified atom stereocenters. The van der Waals surface area contributed by atoms with E-state index in [2.05, 4.69) is 9.80 Å². The van der Waals surface area contributed by atoms with Crippen molar-refractivity contribution in [2.45, 2.75) is 44.1 Å². The highest BCUT2D eigenvalue weighted by Crippen LogP contribution is 2.43. The fraction of sp³-hybridized carbons (Fsp3) is 0.500. The molecule has 2 fully saturated rings. The number of benzene rings is 2. The first kappa shape index (κ1) is 19.9. The minimum Gasteiger partial charge on any atom is -0.301 e. The maximum atomic E-state index is 14.2. The molecule has 5 rings (SSSR count). The van der Waals surface area contributed by atoms with Gasteiger partial charge in [0.05, 0.1) is 0 Å². The van der Waals surface area contributed by atoms with Crippen molar-refractivity contribution in [2.24, 2.45) is 5.92 Å².